The minimum Gasteiger partial charge on any atom is -0.436 e. The van der Waals surface area contributed by atoms with E-state index in [1.807, 2.05) is 6.07 Å². The summed E-state index contributed by atoms with van der Waals surface area (Å²) in [7, 11) is 2.08. The number of rotatable bonds is 6. The van der Waals surface area contributed by atoms with E-state index in [-0.39, 0.29) is 28.5 Å². The molecule has 1 saturated heterocycles. The van der Waals surface area contributed by atoms with E-state index < -0.39 is 11.6 Å². The van der Waals surface area contributed by atoms with Crippen LogP contribution in [0.25, 0.3) is 10.9 Å². The lowest BCUT2D eigenvalue weighted by atomic mass is 9.83. The van der Waals surface area contributed by atoms with Crippen molar-refractivity contribution in [3.05, 3.63) is 47.3 Å². The number of H-pyrrole nitrogens is 2. The van der Waals surface area contributed by atoms with Crippen LogP contribution >= 0.6 is 0 Å². The summed E-state index contributed by atoms with van der Waals surface area (Å²) in [6.45, 7) is 5.07. The SMILES string of the molecule is Cc1cc2c(F)c(Oc3cc(N4CCN(C)CC4)nc(Nc4cc(C5CCC5)[nH]n4)n3)cc(F)c2[nH]1. The minimum atomic E-state index is -0.650. The number of aromatic amines is 2. The van der Waals surface area contributed by atoms with Gasteiger partial charge in [-0.3, -0.25) is 5.10 Å². The van der Waals surface area contributed by atoms with Crippen molar-refractivity contribution in [2.45, 2.75) is 32.1 Å². The molecule has 11 heteroatoms. The van der Waals surface area contributed by atoms with Gasteiger partial charge in [-0.2, -0.15) is 15.1 Å². The van der Waals surface area contributed by atoms with E-state index in [4.69, 9.17) is 4.74 Å². The zero-order valence-corrected chi connectivity index (χ0v) is 20.2. The van der Waals surface area contributed by atoms with Gasteiger partial charge in [0.05, 0.1) is 5.52 Å². The Morgan fingerprint density at radius 3 is 2.61 bits per heavy atom. The average Bonchev–Trinajstić information content (AvgIpc) is 3.43. The van der Waals surface area contributed by atoms with Crippen LogP contribution in [-0.4, -0.2) is 63.3 Å². The van der Waals surface area contributed by atoms with Gasteiger partial charge in [0.1, 0.15) is 5.82 Å². The third kappa shape index (κ3) is 4.34. The van der Waals surface area contributed by atoms with E-state index in [9.17, 15) is 4.39 Å². The molecule has 188 valence electrons. The summed E-state index contributed by atoms with van der Waals surface area (Å²) >= 11 is 0. The van der Waals surface area contributed by atoms with Crippen LogP contribution in [0.4, 0.5) is 26.4 Å². The Balaban J connectivity index is 1.33. The second kappa shape index (κ2) is 9.05. The van der Waals surface area contributed by atoms with Crippen LogP contribution in [0.5, 0.6) is 11.6 Å². The highest BCUT2D eigenvalue weighted by molar-refractivity contribution is 5.83. The highest BCUT2D eigenvalue weighted by Crippen LogP contribution is 2.37. The third-order valence-corrected chi connectivity index (χ3v) is 7.02. The zero-order valence-electron chi connectivity index (χ0n) is 20.2. The van der Waals surface area contributed by atoms with Crippen molar-refractivity contribution in [1.82, 2.24) is 30.0 Å². The third-order valence-electron chi connectivity index (χ3n) is 7.02. The fourth-order valence-electron chi connectivity index (χ4n) is 4.68. The van der Waals surface area contributed by atoms with Crippen molar-refractivity contribution in [2.75, 3.05) is 43.4 Å². The normalized spacial score (nSPS) is 16.9. The van der Waals surface area contributed by atoms with Gasteiger partial charge in [0.15, 0.2) is 23.2 Å². The molecule has 0 bridgehead atoms. The number of nitrogens with zero attached hydrogens (tertiary/aromatic N) is 5. The Hall–Kier alpha value is -3.73. The summed E-state index contributed by atoms with van der Waals surface area (Å²) < 4.78 is 35.7. The summed E-state index contributed by atoms with van der Waals surface area (Å²) in [5.41, 5.74) is 1.86. The molecule has 2 fully saturated rings. The number of fused-ring (bicyclic) bond motifs is 1. The first-order chi connectivity index (χ1) is 17.4. The fourth-order valence-corrected chi connectivity index (χ4v) is 4.68. The second-order valence-corrected chi connectivity index (χ2v) is 9.65. The number of hydrogen-bond donors (Lipinski definition) is 3. The maximum Gasteiger partial charge on any atom is 0.233 e. The molecule has 1 aliphatic carbocycles. The van der Waals surface area contributed by atoms with E-state index in [1.54, 1.807) is 19.1 Å². The van der Waals surface area contributed by atoms with Crippen molar-refractivity contribution in [1.29, 1.82) is 0 Å². The van der Waals surface area contributed by atoms with Gasteiger partial charge < -0.3 is 24.8 Å². The average molecular weight is 495 g/mol. The summed E-state index contributed by atoms with van der Waals surface area (Å²) in [5, 5.41) is 10.7. The quantitative estimate of drug-likeness (QED) is 0.353. The Kier molecular flexibility index (Phi) is 5.71. The van der Waals surface area contributed by atoms with Gasteiger partial charge in [-0.05, 0) is 32.9 Å². The van der Waals surface area contributed by atoms with Gasteiger partial charge in [0.25, 0.3) is 0 Å². The number of anilines is 3. The Bertz CT molecular complexity index is 1400. The Morgan fingerprint density at radius 2 is 1.86 bits per heavy atom. The highest BCUT2D eigenvalue weighted by Gasteiger charge is 2.23. The number of halogens is 2. The lowest BCUT2D eigenvalue weighted by Gasteiger charge is -2.33. The molecule has 0 spiro atoms. The zero-order chi connectivity index (χ0) is 24.8. The molecule has 9 nitrogen and oxygen atoms in total. The lowest BCUT2D eigenvalue weighted by molar-refractivity contribution is 0.312. The van der Waals surface area contributed by atoms with Gasteiger partial charge in [-0.1, -0.05) is 6.42 Å². The first kappa shape index (κ1) is 22.7. The molecule has 0 unspecified atom stereocenters. The minimum absolute atomic E-state index is 0.112. The molecule has 0 radical (unpaired) electrons. The maximum absolute atomic E-state index is 15.2. The van der Waals surface area contributed by atoms with Crippen LogP contribution in [0, 0.1) is 18.6 Å². The predicted molar refractivity (Wildman–Crippen MR) is 133 cm³/mol. The van der Waals surface area contributed by atoms with Crippen molar-refractivity contribution in [3.63, 3.8) is 0 Å². The van der Waals surface area contributed by atoms with E-state index >= 15 is 4.39 Å². The summed E-state index contributed by atoms with van der Waals surface area (Å²) in [5.74, 6) is 0.649. The number of benzene rings is 1. The second-order valence-electron chi connectivity index (χ2n) is 9.65. The first-order valence-corrected chi connectivity index (χ1v) is 12.2. The monoisotopic (exact) mass is 494 g/mol. The van der Waals surface area contributed by atoms with Gasteiger partial charge in [-0.15, -0.1) is 0 Å². The maximum atomic E-state index is 15.2. The van der Waals surface area contributed by atoms with E-state index in [0.29, 0.717) is 23.2 Å². The van der Waals surface area contributed by atoms with Gasteiger partial charge in [0, 0.05) is 67.1 Å². The largest absolute Gasteiger partial charge is 0.436 e. The van der Waals surface area contributed by atoms with Crippen molar-refractivity contribution >= 4 is 28.5 Å². The van der Waals surface area contributed by atoms with E-state index in [0.717, 1.165) is 50.8 Å². The molecule has 1 aliphatic heterocycles. The van der Waals surface area contributed by atoms with Crippen LogP contribution in [0.3, 0.4) is 0 Å². The Morgan fingerprint density at radius 1 is 1.06 bits per heavy atom. The molecule has 4 heterocycles. The summed E-state index contributed by atoms with van der Waals surface area (Å²) in [6.07, 6.45) is 3.54. The molecule has 3 aromatic heterocycles. The number of hydrogen-bond acceptors (Lipinski definition) is 7. The fraction of sp³-hybridized carbons (Fsp3) is 0.400. The molecule has 0 atom stereocenters. The van der Waals surface area contributed by atoms with E-state index in [2.05, 4.69) is 47.3 Å². The van der Waals surface area contributed by atoms with Crippen molar-refractivity contribution < 1.29 is 13.5 Å². The molecule has 0 amide bonds. The molecule has 1 saturated carbocycles. The van der Waals surface area contributed by atoms with Gasteiger partial charge in [-0.25, -0.2) is 8.78 Å². The topological polar surface area (TPSA) is 98.0 Å². The molecule has 4 aromatic rings. The van der Waals surface area contributed by atoms with Crippen LogP contribution in [0.2, 0.25) is 0 Å². The number of likely N-dealkylation sites (N-methyl/N-ethyl adjacent to an activating group) is 1. The lowest BCUT2D eigenvalue weighted by Crippen LogP contribution is -2.44. The number of aryl methyl sites for hydroxylation is 1. The molecule has 3 N–H and O–H groups in total. The van der Waals surface area contributed by atoms with Gasteiger partial charge >= 0.3 is 0 Å². The van der Waals surface area contributed by atoms with Crippen LogP contribution in [-0.2, 0) is 0 Å². The summed E-state index contributed by atoms with van der Waals surface area (Å²) in [6, 6.07) is 6.22. The van der Waals surface area contributed by atoms with Crippen LogP contribution in [0.1, 0.15) is 36.6 Å². The summed E-state index contributed by atoms with van der Waals surface area (Å²) in [4.78, 5) is 16.3. The molecule has 1 aromatic carbocycles. The van der Waals surface area contributed by atoms with Crippen molar-refractivity contribution in [3.8, 4) is 11.6 Å². The molecule has 6 rings (SSSR count). The number of ether oxygens (including phenoxy) is 1. The molecular weight excluding hydrogens is 466 g/mol. The molecule has 2 aliphatic rings. The van der Waals surface area contributed by atoms with Crippen LogP contribution in [0.15, 0.2) is 24.3 Å². The van der Waals surface area contributed by atoms with Crippen LogP contribution < -0.4 is 15.0 Å². The predicted octanol–water partition coefficient (Wildman–Crippen LogP) is 4.82. The number of nitrogens with one attached hydrogen (secondary N) is 3. The standard InChI is InChI=1S/C25H28F2N8O/c1-14-10-16-23(27)19(11-17(26)24(16)28-14)36-22-13-21(35-8-6-34(2)7-9-35)30-25(31-22)29-20-12-18(32-33-20)15-4-3-5-15/h10-13,15,28H,3-9H2,1-2H3,(H2,29,30,31,32,33). The van der Waals surface area contributed by atoms with Gasteiger partial charge in [0.2, 0.25) is 11.8 Å². The first-order valence-electron chi connectivity index (χ1n) is 12.2. The highest BCUT2D eigenvalue weighted by atomic mass is 19.1. The molecular formula is C25H28F2N8O. The number of aromatic nitrogens is 5. The van der Waals surface area contributed by atoms with Crippen molar-refractivity contribution in [2.24, 2.45) is 0 Å². The molecule has 36 heavy (non-hydrogen) atoms. The smallest absolute Gasteiger partial charge is 0.233 e. The number of piperazine rings is 1. The Labute approximate surface area is 206 Å². The van der Waals surface area contributed by atoms with E-state index in [1.165, 1.54) is 6.42 Å².